The third-order valence-corrected chi connectivity index (χ3v) is 1.95. The highest BCUT2D eigenvalue weighted by Gasteiger charge is 2.29. The number of hydrogen-bond acceptors (Lipinski definition) is 7. The van der Waals surface area contributed by atoms with Crippen LogP contribution in [0.15, 0.2) is 0 Å². The van der Waals surface area contributed by atoms with E-state index in [0.717, 1.165) is 0 Å². The molecule has 0 radical (unpaired) electrons. The van der Waals surface area contributed by atoms with Crippen molar-refractivity contribution in [1.82, 2.24) is 0 Å². The van der Waals surface area contributed by atoms with Gasteiger partial charge in [-0.3, -0.25) is 0 Å². The minimum absolute atomic E-state index is 0.181. The first kappa shape index (κ1) is 19.1. The topological polar surface area (TPSA) is 176 Å². The first-order valence-electron chi connectivity index (χ1n) is 4.79. The molecule has 7 N–H and O–H groups in total. The molecule has 0 spiro atoms. The van der Waals surface area contributed by atoms with Gasteiger partial charge in [-0.05, 0) is 0 Å². The first-order valence-corrected chi connectivity index (χ1v) is 4.79. The van der Waals surface area contributed by atoms with E-state index in [2.05, 4.69) is 0 Å². The molecule has 0 aromatic rings. The van der Waals surface area contributed by atoms with Crippen molar-refractivity contribution < 1.29 is 45.3 Å². The third kappa shape index (κ3) is 7.14. The van der Waals surface area contributed by atoms with Crippen molar-refractivity contribution in [3.63, 3.8) is 0 Å². The van der Waals surface area contributed by atoms with Gasteiger partial charge in [-0.1, -0.05) is 6.92 Å². The van der Waals surface area contributed by atoms with Crippen molar-refractivity contribution in [2.45, 2.75) is 19.1 Å². The predicted octanol–water partition coefficient (Wildman–Crippen LogP) is -3.15. The summed E-state index contributed by atoms with van der Waals surface area (Å²) < 4.78 is 0. The van der Waals surface area contributed by atoms with E-state index in [1.807, 2.05) is 0 Å². The maximum atomic E-state index is 9.77. The molecule has 108 valence electrons. The number of carboxylic acids is 2. The van der Waals surface area contributed by atoms with E-state index in [9.17, 15) is 9.59 Å². The highest BCUT2D eigenvalue weighted by atomic mass is 16.4. The molecular formula is C9H18O9. The van der Waals surface area contributed by atoms with Gasteiger partial charge in [-0.2, -0.15) is 0 Å². The molecule has 0 fully saturated rings. The molecule has 0 saturated carbocycles. The van der Waals surface area contributed by atoms with E-state index in [1.165, 1.54) is 0 Å². The molecule has 2 atom stereocenters. The SMILES string of the molecule is CC(CO)(CO)CO.O=C(O)C(O)C(O)C(=O)O. The fourth-order valence-corrected chi connectivity index (χ4v) is 0.420. The van der Waals surface area contributed by atoms with Gasteiger partial charge >= 0.3 is 11.9 Å². The minimum atomic E-state index is -2.27. The summed E-state index contributed by atoms with van der Waals surface area (Å²) in [7, 11) is 0. The Labute approximate surface area is 103 Å². The van der Waals surface area contributed by atoms with Crippen molar-refractivity contribution in [3.8, 4) is 0 Å². The molecule has 0 aliphatic heterocycles. The maximum Gasteiger partial charge on any atom is 0.335 e. The van der Waals surface area contributed by atoms with Crippen LogP contribution in [0.25, 0.3) is 0 Å². The van der Waals surface area contributed by atoms with Crippen molar-refractivity contribution >= 4 is 11.9 Å². The van der Waals surface area contributed by atoms with Crippen LogP contribution in [-0.2, 0) is 9.59 Å². The number of carbonyl (C=O) groups is 2. The molecule has 9 heteroatoms. The van der Waals surface area contributed by atoms with Gasteiger partial charge in [0.05, 0.1) is 19.8 Å². The van der Waals surface area contributed by atoms with E-state index in [1.54, 1.807) is 6.92 Å². The normalized spacial score (nSPS) is 14.1. The van der Waals surface area contributed by atoms with E-state index in [4.69, 9.17) is 35.7 Å². The highest BCUT2D eigenvalue weighted by Crippen LogP contribution is 2.10. The van der Waals surface area contributed by atoms with Crippen molar-refractivity contribution in [2.75, 3.05) is 19.8 Å². The van der Waals surface area contributed by atoms with Crippen LogP contribution >= 0.6 is 0 Å². The molecule has 9 nitrogen and oxygen atoms in total. The van der Waals surface area contributed by atoms with Gasteiger partial charge in [0.2, 0.25) is 0 Å². The lowest BCUT2D eigenvalue weighted by molar-refractivity contribution is -0.165. The smallest absolute Gasteiger partial charge is 0.335 e. The van der Waals surface area contributed by atoms with Crippen LogP contribution in [-0.4, -0.2) is 79.7 Å². The quantitative estimate of drug-likeness (QED) is 0.262. The Kier molecular flexibility index (Phi) is 9.31. The number of aliphatic hydroxyl groups excluding tert-OH is 5. The summed E-state index contributed by atoms with van der Waals surface area (Å²) in [4.78, 5) is 19.5. The molecule has 2 unspecified atom stereocenters. The zero-order valence-electron chi connectivity index (χ0n) is 9.72. The number of rotatable bonds is 6. The molecule has 0 rings (SSSR count). The van der Waals surface area contributed by atoms with Gasteiger partial charge in [-0.15, -0.1) is 0 Å². The zero-order valence-corrected chi connectivity index (χ0v) is 9.72. The summed E-state index contributed by atoms with van der Waals surface area (Å²) in [5.41, 5.74) is -0.708. The Balaban J connectivity index is 0. The molecule has 0 saturated heterocycles. The highest BCUT2D eigenvalue weighted by molar-refractivity contribution is 5.83. The van der Waals surface area contributed by atoms with E-state index in [-0.39, 0.29) is 19.8 Å². The molecule has 0 aliphatic rings. The average Bonchev–Trinajstić information content (AvgIpc) is 2.36. The Morgan fingerprint density at radius 2 is 1.11 bits per heavy atom. The molecule has 0 bridgehead atoms. The number of aliphatic hydroxyl groups is 5. The molecule has 0 aromatic carbocycles. The van der Waals surface area contributed by atoms with Gasteiger partial charge < -0.3 is 35.7 Å². The van der Waals surface area contributed by atoms with Gasteiger partial charge in [0.1, 0.15) is 0 Å². The van der Waals surface area contributed by atoms with Crippen LogP contribution in [0.4, 0.5) is 0 Å². The fraction of sp³-hybridized carbons (Fsp3) is 0.778. The lowest BCUT2D eigenvalue weighted by Gasteiger charge is -2.20. The summed E-state index contributed by atoms with van der Waals surface area (Å²) in [6.07, 6.45) is -4.53. The van der Waals surface area contributed by atoms with E-state index in [0.29, 0.717) is 0 Å². The fourth-order valence-electron chi connectivity index (χ4n) is 0.420. The second-order valence-corrected chi connectivity index (χ2v) is 3.85. The Morgan fingerprint density at radius 1 is 0.889 bits per heavy atom. The molecule has 0 amide bonds. The van der Waals surface area contributed by atoms with Crippen molar-refractivity contribution in [2.24, 2.45) is 5.41 Å². The van der Waals surface area contributed by atoms with E-state index < -0.39 is 29.6 Å². The van der Waals surface area contributed by atoms with E-state index >= 15 is 0 Å². The monoisotopic (exact) mass is 270 g/mol. The molecular weight excluding hydrogens is 252 g/mol. The Bertz CT molecular complexity index is 234. The second-order valence-electron chi connectivity index (χ2n) is 3.85. The van der Waals surface area contributed by atoms with Gasteiger partial charge in [0, 0.05) is 5.41 Å². The number of carboxylic acid groups (broad SMARTS) is 2. The zero-order chi connectivity index (χ0) is 14.9. The summed E-state index contributed by atoms with van der Waals surface area (Å²) in [5.74, 6) is -3.54. The Morgan fingerprint density at radius 3 is 1.17 bits per heavy atom. The maximum absolute atomic E-state index is 9.77. The van der Waals surface area contributed by atoms with Gasteiger partial charge in [0.15, 0.2) is 12.2 Å². The summed E-state index contributed by atoms with van der Waals surface area (Å²) in [5, 5.41) is 57.9. The van der Waals surface area contributed by atoms with Crippen LogP contribution in [0.1, 0.15) is 6.92 Å². The van der Waals surface area contributed by atoms with Crippen LogP contribution in [0.3, 0.4) is 0 Å². The van der Waals surface area contributed by atoms with Gasteiger partial charge in [-0.25, -0.2) is 9.59 Å². The van der Waals surface area contributed by atoms with Gasteiger partial charge in [0.25, 0.3) is 0 Å². The largest absolute Gasteiger partial charge is 0.479 e. The summed E-state index contributed by atoms with van der Waals surface area (Å²) >= 11 is 0. The van der Waals surface area contributed by atoms with Crippen LogP contribution in [0.5, 0.6) is 0 Å². The second kappa shape index (κ2) is 8.78. The average molecular weight is 270 g/mol. The first-order chi connectivity index (χ1) is 8.15. The lowest BCUT2D eigenvalue weighted by atomic mass is 9.95. The summed E-state index contributed by atoms with van der Waals surface area (Å²) in [6, 6.07) is 0. The number of aliphatic carboxylic acids is 2. The minimum Gasteiger partial charge on any atom is -0.479 e. The molecule has 18 heavy (non-hydrogen) atoms. The molecule has 0 aromatic heterocycles. The lowest BCUT2D eigenvalue weighted by Crippen LogP contribution is -2.39. The van der Waals surface area contributed by atoms with Crippen LogP contribution < -0.4 is 0 Å². The number of hydrogen-bond donors (Lipinski definition) is 7. The standard InChI is InChI=1S/C5H12O3.C4H6O6/c1-5(2-6,3-7)4-8;5-1(3(7)8)2(6)4(9)10/h6-8H,2-4H2,1H3;1-2,5-6H,(H,7,8)(H,9,10). The molecule has 0 heterocycles. The molecule has 0 aliphatic carbocycles. The van der Waals surface area contributed by atoms with Crippen LogP contribution in [0, 0.1) is 5.41 Å². The summed E-state index contributed by atoms with van der Waals surface area (Å²) in [6.45, 7) is 1.06. The third-order valence-electron chi connectivity index (χ3n) is 1.95. The van der Waals surface area contributed by atoms with Crippen molar-refractivity contribution in [3.05, 3.63) is 0 Å². The Hall–Kier alpha value is -1.26. The predicted molar refractivity (Wildman–Crippen MR) is 56.6 cm³/mol. The van der Waals surface area contributed by atoms with Crippen LogP contribution in [0.2, 0.25) is 0 Å². The van der Waals surface area contributed by atoms with Crippen molar-refractivity contribution in [1.29, 1.82) is 0 Å².